The predicted molar refractivity (Wildman–Crippen MR) is 156 cm³/mol. The van der Waals surface area contributed by atoms with Gasteiger partial charge in [0.15, 0.2) is 0 Å². The number of ether oxygens (including phenoxy) is 2. The van der Waals surface area contributed by atoms with Crippen LogP contribution in [-0.4, -0.2) is 70.6 Å². The van der Waals surface area contributed by atoms with Crippen molar-refractivity contribution in [2.45, 2.75) is 62.8 Å². The number of rotatable bonds is 10. The van der Waals surface area contributed by atoms with Crippen molar-refractivity contribution >= 4 is 23.8 Å². The van der Waals surface area contributed by atoms with Crippen molar-refractivity contribution < 1.29 is 46.2 Å². The molecule has 46 heavy (non-hydrogen) atoms. The van der Waals surface area contributed by atoms with Crippen LogP contribution in [0.2, 0.25) is 0 Å². The lowest BCUT2D eigenvalue weighted by molar-refractivity contribution is -0.154. The number of hydrogen-bond donors (Lipinski definition) is 0. The largest absolute Gasteiger partial charge is 0.459 e. The lowest BCUT2D eigenvalue weighted by Gasteiger charge is -2.23. The van der Waals surface area contributed by atoms with E-state index in [1.165, 1.54) is 24.3 Å². The first kappa shape index (κ1) is 32.6. The van der Waals surface area contributed by atoms with Gasteiger partial charge < -0.3 is 19.3 Å². The van der Waals surface area contributed by atoms with Crippen LogP contribution in [0.15, 0.2) is 84.9 Å². The van der Waals surface area contributed by atoms with Gasteiger partial charge in [0.2, 0.25) is 11.8 Å². The van der Waals surface area contributed by atoms with E-state index in [0.29, 0.717) is 22.3 Å². The Bertz CT molecular complexity index is 1440. The molecular formula is C34H32F4N2O6. The number of esters is 2. The number of carbonyl (C=O) groups excluding carboxylic acids is 4. The van der Waals surface area contributed by atoms with Gasteiger partial charge in [-0.05, 0) is 22.3 Å². The average molecular weight is 641 g/mol. The molecule has 12 heteroatoms. The van der Waals surface area contributed by atoms with Gasteiger partial charge in [-0.2, -0.15) is 0 Å². The fraction of sp³-hybridized carbons (Fsp3) is 0.353. The molecule has 2 fully saturated rings. The van der Waals surface area contributed by atoms with Crippen LogP contribution in [0.5, 0.6) is 0 Å². The van der Waals surface area contributed by atoms with Gasteiger partial charge in [-0.15, -0.1) is 0 Å². The summed E-state index contributed by atoms with van der Waals surface area (Å²) in [5.74, 6) is -9.74. The van der Waals surface area contributed by atoms with Crippen LogP contribution in [-0.2, 0) is 54.7 Å². The SMILES string of the molecule is O=C(OCc1ccccc1)[C@H]1CC(F)(F)CN1C(=O)Cc1ccc(CC(=O)N2CC(F)(F)C[C@@H]2C(=O)OCc2ccccc2)cc1. The summed E-state index contributed by atoms with van der Waals surface area (Å²) in [6, 6.07) is 20.6. The van der Waals surface area contributed by atoms with Crippen molar-refractivity contribution in [1.29, 1.82) is 0 Å². The number of benzene rings is 3. The maximum Gasteiger partial charge on any atom is 0.329 e. The number of amides is 2. The Morgan fingerprint density at radius 1 is 0.565 bits per heavy atom. The molecule has 0 spiro atoms. The summed E-state index contributed by atoms with van der Waals surface area (Å²) in [5, 5.41) is 0. The zero-order valence-electron chi connectivity index (χ0n) is 24.8. The summed E-state index contributed by atoms with van der Waals surface area (Å²) < 4.78 is 67.7. The van der Waals surface area contributed by atoms with Crippen LogP contribution in [0.25, 0.3) is 0 Å². The third-order valence-electron chi connectivity index (χ3n) is 7.91. The minimum Gasteiger partial charge on any atom is -0.459 e. The molecule has 3 aromatic carbocycles. The Balaban J connectivity index is 1.17. The van der Waals surface area contributed by atoms with E-state index in [-0.39, 0.29) is 26.1 Å². The fourth-order valence-electron chi connectivity index (χ4n) is 5.56. The Hall–Kier alpha value is -4.74. The van der Waals surface area contributed by atoms with E-state index in [0.717, 1.165) is 9.80 Å². The van der Waals surface area contributed by atoms with Gasteiger partial charge in [-0.1, -0.05) is 84.9 Å². The van der Waals surface area contributed by atoms with Gasteiger partial charge in [-0.3, -0.25) is 9.59 Å². The molecule has 0 unspecified atom stereocenters. The fourth-order valence-corrected chi connectivity index (χ4v) is 5.56. The molecule has 0 radical (unpaired) electrons. The third kappa shape index (κ3) is 8.29. The number of carbonyl (C=O) groups is 4. The Morgan fingerprint density at radius 2 is 0.913 bits per heavy atom. The smallest absolute Gasteiger partial charge is 0.329 e. The molecule has 0 aromatic heterocycles. The maximum absolute atomic E-state index is 14.3. The number of alkyl halides is 4. The molecule has 0 aliphatic carbocycles. The van der Waals surface area contributed by atoms with E-state index < -0.39 is 73.6 Å². The third-order valence-corrected chi connectivity index (χ3v) is 7.91. The number of likely N-dealkylation sites (tertiary alicyclic amines) is 2. The van der Waals surface area contributed by atoms with Gasteiger partial charge in [0, 0.05) is 12.8 Å². The van der Waals surface area contributed by atoms with Crippen LogP contribution < -0.4 is 0 Å². The first-order valence-corrected chi connectivity index (χ1v) is 14.7. The highest BCUT2D eigenvalue weighted by Crippen LogP contribution is 2.34. The minimum atomic E-state index is -3.26. The quantitative estimate of drug-likeness (QED) is 0.235. The summed E-state index contributed by atoms with van der Waals surface area (Å²) in [4.78, 5) is 53.1. The van der Waals surface area contributed by atoms with Crippen molar-refractivity contribution in [2.24, 2.45) is 0 Å². The molecule has 242 valence electrons. The van der Waals surface area contributed by atoms with Crippen molar-refractivity contribution in [3.05, 3.63) is 107 Å². The Morgan fingerprint density at radius 3 is 1.26 bits per heavy atom. The van der Waals surface area contributed by atoms with Crippen molar-refractivity contribution in [1.82, 2.24) is 9.80 Å². The molecule has 2 heterocycles. The predicted octanol–water partition coefficient (Wildman–Crippen LogP) is 4.73. The molecule has 0 saturated carbocycles. The molecule has 0 bridgehead atoms. The summed E-state index contributed by atoms with van der Waals surface area (Å²) in [6.45, 7) is -2.07. The van der Waals surface area contributed by atoms with Crippen molar-refractivity contribution in [3.63, 3.8) is 0 Å². The van der Waals surface area contributed by atoms with Crippen LogP contribution >= 0.6 is 0 Å². The molecule has 2 atom stereocenters. The Labute approximate surface area is 262 Å². The molecule has 5 rings (SSSR count). The van der Waals surface area contributed by atoms with E-state index in [1.54, 1.807) is 60.7 Å². The summed E-state index contributed by atoms with van der Waals surface area (Å²) >= 11 is 0. The second-order valence-electron chi connectivity index (χ2n) is 11.6. The van der Waals surface area contributed by atoms with Crippen LogP contribution in [0, 0.1) is 0 Å². The maximum atomic E-state index is 14.3. The molecule has 8 nitrogen and oxygen atoms in total. The highest BCUT2D eigenvalue weighted by Gasteiger charge is 2.51. The van der Waals surface area contributed by atoms with E-state index >= 15 is 0 Å². The lowest BCUT2D eigenvalue weighted by atomic mass is 10.1. The summed E-state index contributed by atoms with van der Waals surface area (Å²) in [6.07, 6.45) is -2.27. The van der Waals surface area contributed by atoms with E-state index in [4.69, 9.17) is 9.47 Å². The van der Waals surface area contributed by atoms with E-state index in [2.05, 4.69) is 0 Å². The number of nitrogens with zero attached hydrogens (tertiary/aromatic N) is 2. The van der Waals surface area contributed by atoms with Gasteiger partial charge in [0.05, 0.1) is 25.9 Å². The summed E-state index contributed by atoms with van der Waals surface area (Å²) in [7, 11) is 0. The van der Waals surface area contributed by atoms with Gasteiger partial charge >= 0.3 is 11.9 Å². The molecule has 2 aliphatic heterocycles. The lowest BCUT2D eigenvalue weighted by Crippen LogP contribution is -2.42. The minimum absolute atomic E-state index is 0.116. The monoisotopic (exact) mass is 640 g/mol. The molecule has 2 amide bonds. The Kier molecular flexibility index (Phi) is 9.74. The average Bonchev–Trinajstić information content (AvgIpc) is 3.55. The van der Waals surface area contributed by atoms with Crippen molar-refractivity contribution in [3.8, 4) is 0 Å². The molecular weight excluding hydrogens is 608 g/mol. The zero-order valence-corrected chi connectivity index (χ0v) is 24.8. The molecule has 3 aromatic rings. The van der Waals surface area contributed by atoms with Crippen molar-refractivity contribution in [2.75, 3.05) is 13.1 Å². The first-order valence-electron chi connectivity index (χ1n) is 14.7. The highest BCUT2D eigenvalue weighted by molar-refractivity contribution is 5.88. The number of halogens is 4. The molecule has 2 aliphatic rings. The molecule has 0 N–H and O–H groups in total. The second-order valence-corrected chi connectivity index (χ2v) is 11.6. The van der Waals surface area contributed by atoms with Gasteiger partial charge in [0.1, 0.15) is 25.3 Å². The number of hydrogen-bond acceptors (Lipinski definition) is 6. The first-order chi connectivity index (χ1) is 21.9. The highest BCUT2D eigenvalue weighted by atomic mass is 19.3. The second kappa shape index (κ2) is 13.7. The van der Waals surface area contributed by atoms with Crippen LogP contribution in [0.4, 0.5) is 17.6 Å². The summed E-state index contributed by atoms with van der Waals surface area (Å²) in [5.41, 5.74) is 2.22. The van der Waals surface area contributed by atoms with E-state index in [1.807, 2.05) is 0 Å². The topological polar surface area (TPSA) is 93.2 Å². The van der Waals surface area contributed by atoms with Crippen LogP contribution in [0.1, 0.15) is 35.1 Å². The van der Waals surface area contributed by atoms with Crippen LogP contribution in [0.3, 0.4) is 0 Å². The van der Waals surface area contributed by atoms with Gasteiger partial charge in [-0.25, -0.2) is 27.2 Å². The normalized spacial score (nSPS) is 19.9. The van der Waals surface area contributed by atoms with Gasteiger partial charge in [0.25, 0.3) is 11.8 Å². The standard InChI is InChI=1S/C34H32F4N2O6/c35-33(36)17-27(31(43)45-19-25-7-3-1-4-8-25)39(21-33)29(41)15-23-11-13-24(14-12-23)16-30(42)40-22-34(37,38)18-28(40)32(44)46-20-26-9-5-2-6-10-26/h1-14,27-28H,15-22H2/t27-,28-/m1/s1. The molecule has 2 saturated heterocycles. The van der Waals surface area contributed by atoms with E-state index in [9.17, 15) is 36.7 Å². The zero-order chi connectivity index (χ0) is 32.9.